The molecule has 15 heavy (non-hydrogen) atoms. The molecule has 0 saturated heterocycles. The zero-order chi connectivity index (χ0) is 11.1. The minimum absolute atomic E-state index is 0.0285. The van der Waals surface area contributed by atoms with Crippen LogP contribution in [0.5, 0.6) is 0 Å². The molecule has 1 saturated carbocycles. The van der Waals surface area contributed by atoms with Gasteiger partial charge in [-0.15, -0.1) is 0 Å². The molecule has 0 aromatic carbocycles. The van der Waals surface area contributed by atoms with Crippen LogP contribution in [-0.2, 0) is 9.59 Å². The van der Waals surface area contributed by atoms with Gasteiger partial charge in [-0.2, -0.15) is 0 Å². The van der Waals surface area contributed by atoms with E-state index in [9.17, 15) is 9.59 Å². The van der Waals surface area contributed by atoms with Crippen molar-refractivity contribution in [1.29, 1.82) is 0 Å². The first-order chi connectivity index (χ1) is 7.22. The number of nitrogens with one attached hydrogen (secondary N) is 2. The van der Waals surface area contributed by atoms with E-state index in [1.807, 2.05) is 0 Å². The number of carbonyl (C=O) groups excluding carboxylic acids is 2. The lowest BCUT2D eigenvalue weighted by atomic mass is 9.83. The molecule has 0 atom stereocenters. The average molecular weight is 213 g/mol. The van der Waals surface area contributed by atoms with Gasteiger partial charge >= 0.3 is 0 Å². The molecule has 0 aliphatic heterocycles. The van der Waals surface area contributed by atoms with Gasteiger partial charge < -0.3 is 16.4 Å². The summed E-state index contributed by atoms with van der Waals surface area (Å²) < 4.78 is 0. The van der Waals surface area contributed by atoms with Crippen molar-refractivity contribution >= 4 is 11.8 Å². The molecular weight excluding hydrogens is 194 g/mol. The highest BCUT2D eigenvalue weighted by Gasteiger charge is 2.16. The third-order valence-corrected chi connectivity index (χ3v) is 2.73. The lowest BCUT2D eigenvalue weighted by Gasteiger charge is -2.25. The molecule has 4 N–H and O–H groups in total. The Hall–Kier alpha value is -1.10. The number of carbonyl (C=O) groups is 2. The zero-order valence-corrected chi connectivity index (χ0v) is 8.92. The smallest absolute Gasteiger partial charge is 0.239 e. The molecule has 5 heteroatoms. The van der Waals surface area contributed by atoms with Gasteiger partial charge in [-0.05, 0) is 12.3 Å². The minimum atomic E-state index is -0.302. The third kappa shape index (κ3) is 4.78. The van der Waals surface area contributed by atoms with Crippen molar-refractivity contribution in [3.05, 3.63) is 0 Å². The van der Waals surface area contributed by atoms with E-state index in [0.717, 1.165) is 12.3 Å². The van der Waals surface area contributed by atoms with Gasteiger partial charge in [0.2, 0.25) is 11.8 Å². The fraction of sp³-hybridized carbons (Fsp3) is 0.800. The molecule has 5 nitrogen and oxygen atoms in total. The molecule has 0 spiro atoms. The SMILES string of the molecule is NCC(=O)NCC(=O)NCCC1CCC1. The highest BCUT2D eigenvalue weighted by atomic mass is 16.2. The van der Waals surface area contributed by atoms with Gasteiger partial charge in [0.1, 0.15) is 0 Å². The van der Waals surface area contributed by atoms with Crippen molar-refractivity contribution in [3.63, 3.8) is 0 Å². The Morgan fingerprint density at radius 3 is 2.47 bits per heavy atom. The summed E-state index contributed by atoms with van der Waals surface area (Å²) in [6.45, 7) is 0.665. The predicted octanol–water partition coefficient (Wildman–Crippen LogP) is -0.632. The second-order valence-corrected chi connectivity index (χ2v) is 3.92. The first kappa shape index (κ1) is 12.0. The molecular formula is C10H19N3O2. The van der Waals surface area contributed by atoms with Crippen LogP contribution < -0.4 is 16.4 Å². The normalized spacial score (nSPS) is 15.5. The molecule has 1 aliphatic carbocycles. The maximum Gasteiger partial charge on any atom is 0.239 e. The van der Waals surface area contributed by atoms with E-state index < -0.39 is 0 Å². The van der Waals surface area contributed by atoms with Crippen LogP contribution in [0.4, 0.5) is 0 Å². The summed E-state index contributed by atoms with van der Waals surface area (Å²) in [4.78, 5) is 21.9. The number of amides is 2. The zero-order valence-electron chi connectivity index (χ0n) is 8.92. The summed E-state index contributed by atoms with van der Waals surface area (Å²) in [7, 11) is 0. The molecule has 2 amide bonds. The molecule has 0 aromatic heterocycles. The Balaban J connectivity index is 1.95. The quantitative estimate of drug-likeness (QED) is 0.549. The Labute approximate surface area is 89.8 Å². The van der Waals surface area contributed by atoms with E-state index in [-0.39, 0.29) is 24.9 Å². The lowest BCUT2D eigenvalue weighted by Crippen LogP contribution is -2.40. The van der Waals surface area contributed by atoms with E-state index in [1.54, 1.807) is 0 Å². The Morgan fingerprint density at radius 2 is 1.93 bits per heavy atom. The van der Waals surface area contributed by atoms with Gasteiger partial charge in [-0.25, -0.2) is 0 Å². The van der Waals surface area contributed by atoms with E-state index in [1.165, 1.54) is 19.3 Å². The monoisotopic (exact) mass is 213 g/mol. The Kier molecular flexibility index (Phi) is 5.10. The number of hydrogen-bond acceptors (Lipinski definition) is 3. The van der Waals surface area contributed by atoms with E-state index in [4.69, 9.17) is 5.73 Å². The molecule has 1 aliphatic rings. The fourth-order valence-corrected chi connectivity index (χ4v) is 1.51. The Bertz CT molecular complexity index is 227. The predicted molar refractivity (Wildman–Crippen MR) is 57.0 cm³/mol. The van der Waals surface area contributed by atoms with Gasteiger partial charge in [-0.3, -0.25) is 9.59 Å². The van der Waals surface area contributed by atoms with Crippen molar-refractivity contribution in [2.45, 2.75) is 25.7 Å². The number of nitrogens with two attached hydrogens (primary N) is 1. The molecule has 0 bridgehead atoms. The van der Waals surface area contributed by atoms with Crippen LogP contribution >= 0.6 is 0 Å². The van der Waals surface area contributed by atoms with E-state index in [0.29, 0.717) is 6.54 Å². The highest BCUT2D eigenvalue weighted by molar-refractivity contribution is 5.85. The molecule has 0 radical (unpaired) electrons. The summed E-state index contributed by atoms with van der Waals surface area (Å²) in [6, 6.07) is 0. The minimum Gasteiger partial charge on any atom is -0.355 e. The van der Waals surface area contributed by atoms with Crippen LogP contribution in [0.15, 0.2) is 0 Å². The molecule has 0 unspecified atom stereocenters. The first-order valence-corrected chi connectivity index (χ1v) is 5.46. The summed E-state index contributed by atoms with van der Waals surface area (Å²) in [5.41, 5.74) is 5.08. The van der Waals surface area contributed by atoms with Gasteiger partial charge in [-0.1, -0.05) is 19.3 Å². The maximum atomic E-state index is 11.2. The molecule has 0 aromatic rings. The fourth-order valence-electron chi connectivity index (χ4n) is 1.51. The van der Waals surface area contributed by atoms with E-state index >= 15 is 0 Å². The molecule has 0 heterocycles. The summed E-state index contributed by atoms with van der Waals surface area (Å²) in [6.07, 6.45) is 4.96. The first-order valence-electron chi connectivity index (χ1n) is 5.46. The maximum absolute atomic E-state index is 11.2. The van der Waals surface area contributed by atoms with Gasteiger partial charge in [0, 0.05) is 6.54 Å². The van der Waals surface area contributed by atoms with Crippen molar-refractivity contribution in [2.24, 2.45) is 11.7 Å². The van der Waals surface area contributed by atoms with Crippen molar-refractivity contribution < 1.29 is 9.59 Å². The van der Waals surface area contributed by atoms with Crippen molar-refractivity contribution in [1.82, 2.24) is 10.6 Å². The topological polar surface area (TPSA) is 84.2 Å². The van der Waals surface area contributed by atoms with Crippen molar-refractivity contribution in [3.8, 4) is 0 Å². The molecule has 1 fully saturated rings. The number of hydrogen-bond donors (Lipinski definition) is 3. The average Bonchev–Trinajstić information content (AvgIpc) is 2.18. The van der Waals surface area contributed by atoms with Crippen LogP contribution in [0, 0.1) is 5.92 Å². The van der Waals surface area contributed by atoms with E-state index in [2.05, 4.69) is 10.6 Å². The van der Waals surface area contributed by atoms with Crippen LogP contribution in [-0.4, -0.2) is 31.4 Å². The largest absolute Gasteiger partial charge is 0.355 e. The van der Waals surface area contributed by atoms with Crippen LogP contribution in [0.1, 0.15) is 25.7 Å². The lowest BCUT2D eigenvalue weighted by molar-refractivity contribution is -0.125. The van der Waals surface area contributed by atoms with Gasteiger partial charge in [0.15, 0.2) is 0 Å². The standard InChI is InChI=1S/C10H19N3O2/c11-6-9(14)13-7-10(15)12-5-4-8-2-1-3-8/h8H,1-7,11H2,(H,12,15)(H,13,14). The number of rotatable bonds is 6. The summed E-state index contributed by atoms with van der Waals surface area (Å²) in [5, 5.41) is 5.19. The van der Waals surface area contributed by atoms with Crippen LogP contribution in [0.3, 0.4) is 0 Å². The van der Waals surface area contributed by atoms with Crippen LogP contribution in [0.25, 0.3) is 0 Å². The third-order valence-electron chi connectivity index (χ3n) is 2.73. The second kappa shape index (κ2) is 6.40. The van der Waals surface area contributed by atoms with Crippen molar-refractivity contribution in [2.75, 3.05) is 19.6 Å². The molecule has 86 valence electrons. The van der Waals surface area contributed by atoms with Gasteiger partial charge in [0.05, 0.1) is 13.1 Å². The summed E-state index contributed by atoms with van der Waals surface area (Å²) in [5.74, 6) is 0.351. The van der Waals surface area contributed by atoms with Crippen LogP contribution in [0.2, 0.25) is 0 Å². The summed E-state index contributed by atoms with van der Waals surface area (Å²) >= 11 is 0. The highest BCUT2D eigenvalue weighted by Crippen LogP contribution is 2.28. The van der Waals surface area contributed by atoms with Gasteiger partial charge in [0.25, 0.3) is 0 Å². The Morgan fingerprint density at radius 1 is 1.20 bits per heavy atom. The molecule has 1 rings (SSSR count). The second-order valence-electron chi connectivity index (χ2n) is 3.92.